The highest BCUT2D eigenvalue weighted by Crippen LogP contribution is 2.47. The van der Waals surface area contributed by atoms with Crippen molar-refractivity contribution in [3.05, 3.63) is 42.6 Å². The Balaban J connectivity index is 1.37. The zero-order chi connectivity index (χ0) is 39.9. The van der Waals surface area contributed by atoms with Crippen LogP contribution in [0.25, 0.3) is 10.8 Å². The predicted octanol–water partition coefficient (Wildman–Crippen LogP) is 4.76. The van der Waals surface area contributed by atoms with E-state index in [1.165, 1.54) is 4.90 Å². The summed E-state index contributed by atoms with van der Waals surface area (Å²) in [6.07, 6.45) is 7.75. The lowest BCUT2D eigenvalue weighted by Gasteiger charge is -2.34. The fourth-order valence-electron chi connectivity index (χ4n) is 7.83. The van der Waals surface area contributed by atoms with E-state index in [2.05, 4.69) is 27.3 Å². The summed E-state index contributed by atoms with van der Waals surface area (Å²) in [6, 6.07) is 5.14. The third-order valence-electron chi connectivity index (χ3n) is 11.5. The molecule has 3 N–H and O–H groups in total. The standard InChI is InChI=1S/C40H55N5O9S/c1-8-25-20-24(2)12-9-10-13-26-22-40(26,36(48)44-55(50,51)39(6)17-18-39)43-33(46)30-21-27(23-45(30)35(47)32(25)42-37(49)54-38(3,4)5)53-34-29-14-11-15-31(52-7)28(29)16-19-41-34/h10-11,13-16,19,24-27,30,32H,8-9,12,17-18,20-23H2,1-7H3,(H,42,49)(H,43,46)(H,44,48)/b13-10-/t24-,25-,26-,27-,30+,32+,40-/m1/s1. The molecule has 14 nitrogen and oxygen atoms in total. The monoisotopic (exact) mass is 781 g/mol. The molecular formula is C40H55N5O9S. The highest BCUT2D eigenvalue weighted by molar-refractivity contribution is 7.91. The van der Waals surface area contributed by atoms with Gasteiger partial charge in [-0.25, -0.2) is 18.2 Å². The Morgan fingerprint density at radius 3 is 2.53 bits per heavy atom. The molecule has 15 heteroatoms. The molecule has 0 unspecified atom stereocenters. The van der Waals surface area contributed by atoms with Gasteiger partial charge in [0.1, 0.15) is 35.1 Å². The first kappa shape index (κ1) is 40.3. The van der Waals surface area contributed by atoms with E-state index >= 15 is 0 Å². The minimum Gasteiger partial charge on any atom is -0.496 e. The molecule has 3 heterocycles. The van der Waals surface area contributed by atoms with Crippen molar-refractivity contribution in [1.29, 1.82) is 0 Å². The van der Waals surface area contributed by atoms with Crippen molar-refractivity contribution in [3.8, 4) is 11.6 Å². The normalized spacial score (nSPS) is 30.1. The lowest BCUT2D eigenvalue weighted by molar-refractivity contribution is -0.142. The van der Waals surface area contributed by atoms with Gasteiger partial charge in [0.25, 0.3) is 5.91 Å². The molecule has 1 aromatic heterocycles. The van der Waals surface area contributed by atoms with Gasteiger partial charge in [-0.3, -0.25) is 19.1 Å². The van der Waals surface area contributed by atoms with Crippen molar-refractivity contribution < 1.29 is 41.8 Å². The molecule has 0 bridgehead atoms. The number of amides is 4. The van der Waals surface area contributed by atoms with Crippen LogP contribution in [0, 0.1) is 17.8 Å². The molecule has 2 aliphatic carbocycles. The van der Waals surface area contributed by atoms with E-state index in [1.807, 2.05) is 43.3 Å². The SMILES string of the molecule is CC[C@@H]1C[C@H](C)CC/C=C\[C@@H]2C[C@@]2(C(=O)NS(=O)(=O)C2(C)CC2)NC(=O)[C@@H]2C[C@@H](Oc3nccc4c(OC)cccc34)CN2C(=O)[C@H]1NC(=O)OC(C)(C)C. The van der Waals surface area contributed by atoms with Crippen molar-refractivity contribution in [3.63, 3.8) is 0 Å². The molecule has 55 heavy (non-hydrogen) atoms. The van der Waals surface area contributed by atoms with Gasteiger partial charge in [0, 0.05) is 29.3 Å². The number of methoxy groups -OCH3 is 1. The summed E-state index contributed by atoms with van der Waals surface area (Å²) in [7, 11) is -2.43. The Bertz CT molecular complexity index is 1960. The van der Waals surface area contributed by atoms with Crippen LogP contribution in [0.15, 0.2) is 42.6 Å². The smallest absolute Gasteiger partial charge is 0.408 e. The molecule has 2 saturated carbocycles. The lowest BCUT2D eigenvalue weighted by atomic mass is 9.85. The van der Waals surface area contributed by atoms with Crippen LogP contribution in [-0.4, -0.2) is 89.8 Å². The molecule has 1 aromatic carbocycles. The summed E-state index contributed by atoms with van der Waals surface area (Å²) in [6.45, 7) is 10.9. The summed E-state index contributed by atoms with van der Waals surface area (Å²) in [4.78, 5) is 62.6. The number of ether oxygens (including phenoxy) is 3. The van der Waals surface area contributed by atoms with Crippen molar-refractivity contribution in [2.45, 2.75) is 127 Å². The molecule has 3 fully saturated rings. The fraction of sp³-hybridized carbons (Fsp3) is 0.625. The van der Waals surface area contributed by atoms with Crippen LogP contribution in [0.4, 0.5) is 4.79 Å². The average molecular weight is 782 g/mol. The number of allylic oxidation sites excluding steroid dienone is 1. The van der Waals surface area contributed by atoms with Crippen molar-refractivity contribution in [2.24, 2.45) is 17.8 Å². The Morgan fingerprint density at radius 2 is 1.85 bits per heavy atom. The van der Waals surface area contributed by atoms with Crippen LogP contribution in [0.3, 0.4) is 0 Å². The van der Waals surface area contributed by atoms with E-state index in [0.29, 0.717) is 49.1 Å². The van der Waals surface area contributed by atoms with Crippen molar-refractivity contribution in [2.75, 3.05) is 13.7 Å². The number of fused-ring (bicyclic) bond motifs is 3. The molecule has 7 atom stereocenters. The van der Waals surface area contributed by atoms with Crippen molar-refractivity contribution >= 4 is 44.6 Å². The summed E-state index contributed by atoms with van der Waals surface area (Å²) in [5.41, 5.74) is -2.35. The third kappa shape index (κ3) is 8.56. The second kappa shape index (κ2) is 15.3. The second-order valence-electron chi connectivity index (χ2n) is 16.9. The Kier molecular flexibility index (Phi) is 11.2. The van der Waals surface area contributed by atoms with Gasteiger partial charge in [-0.05, 0) is 96.3 Å². The molecule has 4 aliphatic rings. The number of rotatable bonds is 8. The van der Waals surface area contributed by atoms with E-state index in [1.54, 1.807) is 41.0 Å². The van der Waals surface area contributed by atoms with Gasteiger partial charge in [-0.15, -0.1) is 0 Å². The number of sulfonamides is 1. The average Bonchev–Trinajstić information content (AvgIpc) is 4.00. The second-order valence-corrected chi connectivity index (χ2v) is 19.1. The van der Waals surface area contributed by atoms with Crippen LogP contribution in [0.1, 0.15) is 92.9 Å². The molecule has 4 amide bonds. The van der Waals surface area contributed by atoms with Gasteiger partial charge in [-0.2, -0.15) is 0 Å². The van der Waals surface area contributed by atoms with Crippen LogP contribution in [0.5, 0.6) is 11.6 Å². The van der Waals surface area contributed by atoms with E-state index in [-0.39, 0.29) is 31.2 Å². The molecule has 2 aromatic rings. The number of hydrogen-bond acceptors (Lipinski definition) is 10. The molecule has 6 rings (SSSR count). The summed E-state index contributed by atoms with van der Waals surface area (Å²) >= 11 is 0. The predicted molar refractivity (Wildman–Crippen MR) is 206 cm³/mol. The maximum Gasteiger partial charge on any atom is 0.408 e. The van der Waals surface area contributed by atoms with Gasteiger partial charge in [0.15, 0.2) is 0 Å². The maximum absolute atomic E-state index is 14.9. The highest BCUT2D eigenvalue weighted by Gasteiger charge is 2.63. The molecule has 1 saturated heterocycles. The van der Waals surface area contributed by atoms with Gasteiger partial charge < -0.3 is 29.7 Å². The van der Waals surface area contributed by atoms with Crippen LogP contribution < -0.4 is 24.8 Å². The minimum absolute atomic E-state index is 0.0211. The summed E-state index contributed by atoms with van der Waals surface area (Å²) in [5, 5.41) is 7.23. The molecule has 2 aliphatic heterocycles. The minimum atomic E-state index is -4.00. The number of benzene rings is 1. The largest absolute Gasteiger partial charge is 0.496 e. The molecule has 300 valence electrons. The Hall–Kier alpha value is -4.40. The van der Waals surface area contributed by atoms with Crippen LogP contribution in [-0.2, 0) is 29.1 Å². The number of aromatic nitrogens is 1. The zero-order valence-electron chi connectivity index (χ0n) is 32.8. The molecular weight excluding hydrogens is 727 g/mol. The maximum atomic E-state index is 14.9. The lowest BCUT2D eigenvalue weighted by Crippen LogP contribution is -2.59. The first-order valence-corrected chi connectivity index (χ1v) is 20.8. The Morgan fingerprint density at radius 1 is 1.11 bits per heavy atom. The number of pyridine rings is 1. The molecule has 0 radical (unpaired) electrons. The van der Waals surface area contributed by atoms with Crippen molar-refractivity contribution in [1.82, 2.24) is 25.2 Å². The van der Waals surface area contributed by atoms with Crippen LogP contribution in [0.2, 0.25) is 0 Å². The fourth-order valence-corrected chi connectivity index (χ4v) is 9.14. The third-order valence-corrected chi connectivity index (χ3v) is 13.7. The van der Waals surface area contributed by atoms with Gasteiger partial charge in [0.05, 0.1) is 18.4 Å². The van der Waals surface area contributed by atoms with Gasteiger partial charge in [-0.1, -0.05) is 38.5 Å². The van der Waals surface area contributed by atoms with E-state index in [0.717, 1.165) is 11.8 Å². The summed E-state index contributed by atoms with van der Waals surface area (Å²) < 4.78 is 45.3. The molecule has 0 spiro atoms. The Labute approximate surface area is 323 Å². The van der Waals surface area contributed by atoms with Crippen LogP contribution >= 0.6 is 0 Å². The topological polar surface area (TPSA) is 182 Å². The number of carbonyl (C=O) groups is 4. The van der Waals surface area contributed by atoms with Gasteiger partial charge >= 0.3 is 6.09 Å². The highest BCUT2D eigenvalue weighted by atomic mass is 32.2. The first-order chi connectivity index (χ1) is 25.9. The van der Waals surface area contributed by atoms with E-state index in [4.69, 9.17) is 14.2 Å². The number of nitrogens with one attached hydrogen (secondary N) is 3. The van der Waals surface area contributed by atoms with E-state index in [9.17, 15) is 27.6 Å². The first-order valence-electron chi connectivity index (χ1n) is 19.3. The number of hydrogen-bond donors (Lipinski definition) is 3. The quantitative estimate of drug-likeness (QED) is 0.316. The van der Waals surface area contributed by atoms with Gasteiger partial charge in [0.2, 0.25) is 27.7 Å². The number of nitrogens with zero attached hydrogens (tertiary/aromatic N) is 2. The summed E-state index contributed by atoms with van der Waals surface area (Å²) in [5.74, 6) is -1.56. The number of carbonyl (C=O) groups excluding carboxylic acids is 4. The number of alkyl carbamates (subject to hydrolysis) is 1. The van der Waals surface area contributed by atoms with E-state index < -0.39 is 73.8 Å². The zero-order valence-corrected chi connectivity index (χ0v) is 33.7.